The smallest absolute Gasteiger partial charge is 0.338 e. The fourth-order valence-electron chi connectivity index (χ4n) is 2.65. The maximum absolute atomic E-state index is 12.3. The summed E-state index contributed by atoms with van der Waals surface area (Å²) in [4.78, 5) is 24.6. The molecule has 7 nitrogen and oxygen atoms in total. The van der Waals surface area contributed by atoms with Crippen LogP contribution in [0.1, 0.15) is 29.8 Å². The number of ether oxygens (including phenoxy) is 1. The molecule has 0 fully saturated rings. The predicted molar refractivity (Wildman–Crippen MR) is 121 cm³/mol. The minimum Gasteiger partial charge on any atom is -0.449 e. The molecule has 0 aliphatic heterocycles. The number of benzene rings is 2. The number of esters is 1. The molecule has 3 rings (SSSR count). The van der Waals surface area contributed by atoms with Crippen LogP contribution < -0.4 is 10.0 Å². The third-order valence-electron chi connectivity index (χ3n) is 4.42. The molecule has 0 saturated carbocycles. The second-order valence-electron chi connectivity index (χ2n) is 6.70. The fraction of sp³-hybridized carbons (Fsp3) is 0.182. The number of hydrogen-bond acceptors (Lipinski definition) is 6. The van der Waals surface area contributed by atoms with E-state index in [1.165, 1.54) is 37.3 Å². The van der Waals surface area contributed by atoms with Gasteiger partial charge in [-0.2, -0.15) is 0 Å². The zero-order valence-electron chi connectivity index (χ0n) is 17.0. The quantitative estimate of drug-likeness (QED) is 0.490. The van der Waals surface area contributed by atoms with Gasteiger partial charge in [-0.05, 0) is 66.8 Å². The highest BCUT2D eigenvalue weighted by atomic mass is 32.2. The highest BCUT2D eigenvalue weighted by Gasteiger charge is 2.20. The van der Waals surface area contributed by atoms with Gasteiger partial charge in [-0.1, -0.05) is 25.1 Å². The third kappa shape index (κ3) is 5.93. The lowest BCUT2D eigenvalue weighted by Gasteiger charge is -2.14. The van der Waals surface area contributed by atoms with Crippen molar-refractivity contribution >= 4 is 44.6 Å². The third-order valence-corrected chi connectivity index (χ3v) is 7.19. The van der Waals surface area contributed by atoms with Crippen LogP contribution >= 0.6 is 11.3 Å². The molecule has 31 heavy (non-hydrogen) atoms. The van der Waals surface area contributed by atoms with Gasteiger partial charge in [0.1, 0.15) is 4.21 Å². The molecule has 0 aliphatic rings. The maximum Gasteiger partial charge on any atom is 0.338 e. The van der Waals surface area contributed by atoms with Crippen LogP contribution in [0.4, 0.5) is 11.4 Å². The number of carbonyl (C=O) groups excluding carboxylic acids is 2. The van der Waals surface area contributed by atoms with Gasteiger partial charge in [0.15, 0.2) is 6.10 Å². The average Bonchev–Trinajstić information content (AvgIpc) is 3.30. The average molecular weight is 459 g/mol. The molecule has 1 heterocycles. The Morgan fingerprint density at radius 3 is 2.23 bits per heavy atom. The molecule has 9 heteroatoms. The highest BCUT2D eigenvalue weighted by Crippen LogP contribution is 2.21. The number of thiophene rings is 1. The van der Waals surface area contributed by atoms with Crippen LogP contribution in [0.25, 0.3) is 0 Å². The molecule has 0 bridgehead atoms. The van der Waals surface area contributed by atoms with Crippen molar-refractivity contribution in [1.82, 2.24) is 0 Å². The van der Waals surface area contributed by atoms with Crippen LogP contribution in [0.2, 0.25) is 0 Å². The zero-order chi connectivity index (χ0) is 22.4. The lowest BCUT2D eigenvalue weighted by atomic mass is 10.1. The van der Waals surface area contributed by atoms with E-state index in [-0.39, 0.29) is 9.77 Å². The standard InChI is InChI=1S/C22H22N2O5S2/c1-3-16-6-10-18(11-7-16)23-21(25)15(2)29-22(26)17-8-12-19(13-9-17)24-31(27,28)20-5-4-14-30-20/h4-15,24H,3H2,1-2H3,(H,23,25). The molecule has 0 spiro atoms. The van der Waals surface area contributed by atoms with Gasteiger partial charge in [0.25, 0.3) is 15.9 Å². The molecule has 1 atom stereocenters. The topological polar surface area (TPSA) is 102 Å². The first-order chi connectivity index (χ1) is 14.8. The van der Waals surface area contributed by atoms with Crippen LogP contribution in [0.15, 0.2) is 70.3 Å². The van der Waals surface area contributed by atoms with Crippen molar-refractivity contribution in [3.63, 3.8) is 0 Å². The van der Waals surface area contributed by atoms with Crippen LogP contribution in [0.3, 0.4) is 0 Å². The van der Waals surface area contributed by atoms with Crippen molar-refractivity contribution < 1.29 is 22.7 Å². The largest absolute Gasteiger partial charge is 0.449 e. The minimum atomic E-state index is -3.67. The summed E-state index contributed by atoms with van der Waals surface area (Å²) in [5.74, 6) is -1.13. The number of aryl methyl sites for hydroxylation is 1. The summed E-state index contributed by atoms with van der Waals surface area (Å²) in [5.41, 5.74) is 2.28. The fourth-order valence-corrected chi connectivity index (χ4v) is 4.70. The van der Waals surface area contributed by atoms with E-state index in [0.717, 1.165) is 23.3 Å². The lowest BCUT2D eigenvalue weighted by Crippen LogP contribution is -2.30. The Hall–Kier alpha value is -3.17. The van der Waals surface area contributed by atoms with Crippen LogP contribution in [0, 0.1) is 0 Å². The van der Waals surface area contributed by atoms with Gasteiger partial charge < -0.3 is 10.1 Å². The Labute approximate surface area is 185 Å². The number of carbonyl (C=O) groups is 2. The van der Waals surface area contributed by atoms with Crippen molar-refractivity contribution in [2.75, 3.05) is 10.0 Å². The van der Waals surface area contributed by atoms with E-state index >= 15 is 0 Å². The Balaban J connectivity index is 1.57. The molecule has 1 aromatic heterocycles. The summed E-state index contributed by atoms with van der Waals surface area (Å²) in [6.07, 6.45) is -0.105. The second-order valence-corrected chi connectivity index (χ2v) is 9.56. The van der Waals surface area contributed by atoms with Crippen molar-refractivity contribution in [1.29, 1.82) is 0 Å². The van der Waals surface area contributed by atoms with Gasteiger partial charge >= 0.3 is 5.97 Å². The second kappa shape index (κ2) is 9.76. The Morgan fingerprint density at radius 1 is 1.00 bits per heavy atom. The van der Waals surface area contributed by atoms with Crippen molar-refractivity contribution in [3.05, 3.63) is 77.2 Å². The monoisotopic (exact) mass is 458 g/mol. The zero-order valence-corrected chi connectivity index (χ0v) is 18.6. The number of amides is 1. The highest BCUT2D eigenvalue weighted by molar-refractivity contribution is 7.94. The Morgan fingerprint density at radius 2 is 1.65 bits per heavy atom. The van der Waals surface area contributed by atoms with E-state index in [9.17, 15) is 18.0 Å². The molecule has 162 valence electrons. The summed E-state index contributed by atoms with van der Waals surface area (Å²) in [5, 5.41) is 4.38. The molecule has 0 radical (unpaired) electrons. The first kappa shape index (κ1) is 22.5. The van der Waals surface area contributed by atoms with E-state index in [4.69, 9.17) is 4.74 Å². The van der Waals surface area contributed by atoms with Gasteiger partial charge in [0.05, 0.1) is 5.56 Å². The van der Waals surface area contributed by atoms with Crippen LogP contribution in [-0.4, -0.2) is 26.4 Å². The van der Waals surface area contributed by atoms with E-state index in [0.29, 0.717) is 11.4 Å². The number of nitrogens with one attached hydrogen (secondary N) is 2. The van der Waals surface area contributed by atoms with Crippen LogP contribution in [0.5, 0.6) is 0 Å². The first-order valence-corrected chi connectivity index (χ1v) is 11.9. The summed E-state index contributed by atoms with van der Waals surface area (Å²) in [6.45, 7) is 3.53. The van der Waals surface area contributed by atoms with Gasteiger partial charge in [0.2, 0.25) is 0 Å². The Bertz CT molecular complexity index is 1140. The summed E-state index contributed by atoms with van der Waals surface area (Å²) in [6, 6.07) is 16.4. The number of rotatable bonds is 8. The Kier molecular flexibility index (Phi) is 7.09. The lowest BCUT2D eigenvalue weighted by molar-refractivity contribution is -0.123. The van der Waals surface area contributed by atoms with E-state index in [2.05, 4.69) is 10.0 Å². The number of hydrogen-bond donors (Lipinski definition) is 2. The van der Waals surface area contributed by atoms with Gasteiger partial charge in [-0.25, -0.2) is 13.2 Å². The molecule has 0 aliphatic carbocycles. The molecule has 1 unspecified atom stereocenters. The SMILES string of the molecule is CCc1ccc(NC(=O)C(C)OC(=O)c2ccc(NS(=O)(=O)c3cccs3)cc2)cc1. The number of sulfonamides is 1. The van der Waals surface area contributed by atoms with Crippen molar-refractivity contribution in [2.24, 2.45) is 0 Å². The molecule has 2 N–H and O–H groups in total. The first-order valence-electron chi connectivity index (χ1n) is 9.55. The van der Waals surface area contributed by atoms with Crippen molar-refractivity contribution in [2.45, 2.75) is 30.6 Å². The minimum absolute atomic E-state index is 0.195. The predicted octanol–water partition coefficient (Wildman–Crippen LogP) is 4.30. The van der Waals surface area contributed by atoms with Gasteiger partial charge in [0, 0.05) is 11.4 Å². The molecule has 2 aromatic carbocycles. The molecule has 1 amide bonds. The molecule has 0 saturated heterocycles. The molecular weight excluding hydrogens is 436 g/mol. The van der Waals surface area contributed by atoms with Gasteiger partial charge in [-0.15, -0.1) is 11.3 Å². The van der Waals surface area contributed by atoms with Crippen molar-refractivity contribution in [3.8, 4) is 0 Å². The van der Waals surface area contributed by atoms with Crippen LogP contribution in [-0.2, 0) is 26.0 Å². The van der Waals surface area contributed by atoms with Gasteiger partial charge in [-0.3, -0.25) is 9.52 Å². The normalized spacial score (nSPS) is 12.1. The molecular formula is C22H22N2O5S2. The van der Waals surface area contributed by atoms with E-state index < -0.39 is 28.0 Å². The maximum atomic E-state index is 12.3. The molecule has 3 aromatic rings. The van der Waals surface area contributed by atoms with E-state index in [1.54, 1.807) is 23.6 Å². The summed E-state index contributed by atoms with van der Waals surface area (Å²) < 4.78 is 32.4. The summed E-state index contributed by atoms with van der Waals surface area (Å²) >= 11 is 1.11. The number of anilines is 2. The summed E-state index contributed by atoms with van der Waals surface area (Å²) in [7, 11) is -3.67. The van der Waals surface area contributed by atoms with E-state index in [1.807, 2.05) is 19.1 Å².